The molecule has 2 aromatic rings. The first-order chi connectivity index (χ1) is 11.6. The number of carbonyl (C=O) groups excluding carboxylic acids is 1. The van der Waals surface area contributed by atoms with Crippen LogP contribution in [0.4, 0.5) is 19.7 Å². The predicted octanol–water partition coefficient (Wildman–Crippen LogP) is 3.89. The summed E-state index contributed by atoms with van der Waals surface area (Å²) < 4.78 is 27.4. The van der Waals surface area contributed by atoms with Crippen molar-refractivity contribution in [3.05, 3.63) is 40.3 Å². The minimum Gasteiger partial charge on any atom is -0.348 e. The Morgan fingerprint density at radius 3 is 2.75 bits per heavy atom. The highest BCUT2D eigenvalue weighted by atomic mass is 32.1. The molecule has 1 fully saturated rings. The van der Waals surface area contributed by atoms with E-state index >= 15 is 0 Å². The quantitative estimate of drug-likeness (QED) is 0.895. The zero-order chi connectivity index (χ0) is 16.7. The monoisotopic (exact) mass is 349 g/mol. The van der Waals surface area contributed by atoms with Crippen LogP contribution in [0.1, 0.15) is 42.0 Å². The lowest BCUT2D eigenvalue weighted by Gasteiger charge is -2.25. The van der Waals surface area contributed by atoms with E-state index in [0.717, 1.165) is 42.0 Å². The number of benzene rings is 1. The van der Waals surface area contributed by atoms with Crippen molar-refractivity contribution in [2.24, 2.45) is 0 Å². The van der Waals surface area contributed by atoms with Gasteiger partial charge in [-0.15, -0.1) is 0 Å². The summed E-state index contributed by atoms with van der Waals surface area (Å²) in [4.78, 5) is 19.6. The lowest BCUT2D eigenvalue weighted by Crippen LogP contribution is -2.29. The minimum atomic E-state index is -0.617. The fraction of sp³-hybridized carbons (Fsp3) is 0.412. The molecule has 1 atom stereocenters. The van der Waals surface area contributed by atoms with E-state index in [1.54, 1.807) is 0 Å². The summed E-state index contributed by atoms with van der Waals surface area (Å²) in [7, 11) is 0. The number of amides is 1. The first kappa shape index (κ1) is 15.5. The zero-order valence-corrected chi connectivity index (χ0v) is 13.8. The van der Waals surface area contributed by atoms with Crippen LogP contribution in [0.3, 0.4) is 0 Å². The predicted molar refractivity (Wildman–Crippen MR) is 89.6 cm³/mol. The molecule has 1 aromatic carbocycles. The molecule has 0 saturated carbocycles. The number of aromatic nitrogens is 1. The van der Waals surface area contributed by atoms with E-state index in [0.29, 0.717) is 11.4 Å². The molecule has 1 aromatic heterocycles. The summed E-state index contributed by atoms with van der Waals surface area (Å²) in [6.45, 7) is 1.91. The summed E-state index contributed by atoms with van der Waals surface area (Å²) in [5, 5.41) is 3.66. The molecule has 0 spiro atoms. The fourth-order valence-corrected chi connectivity index (χ4v) is 4.55. The molecule has 3 heterocycles. The maximum atomic E-state index is 14.2. The van der Waals surface area contributed by atoms with Gasteiger partial charge in [-0.25, -0.2) is 13.8 Å². The molecule has 0 radical (unpaired) electrons. The van der Waals surface area contributed by atoms with Crippen LogP contribution >= 0.6 is 11.3 Å². The first-order valence-corrected chi connectivity index (χ1v) is 8.94. The molecule has 24 heavy (non-hydrogen) atoms. The minimum absolute atomic E-state index is 0.150. The maximum absolute atomic E-state index is 14.2. The van der Waals surface area contributed by atoms with Crippen molar-refractivity contribution in [2.45, 2.75) is 31.6 Å². The third kappa shape index (κ3) is 2.77. The molecule has 0 bridgehead atoms. The normalized spacial score (nSPS) is 20.7. The fourth-order valence-electron chi connectivity index (χ4n) is 3.36. The third-order valence-electron chi connectivity index (χ3n) is 4.57. The Hall–Kier alpha value is -2.02. The van der Waals surface area contributed by atoms with Gasteiger partial charge in [0.05, 0.1) is 4.88 Å². The Balaban J connectivity index is 1.73. The number of piperidine rings is 1. The molecule has 1 N–H and O–H groups in total. The van der Waals surface area contributed by atoms with Crippen molar-refractivity contribution in [1.29, 1.82) is 0 Å². The van der Waals surface area contributed by atoms with E-state index in [2.05, 4.69) is 15.2 Å². The van der Waals surface area contributed by atoms with Gasteiger partial charge in [-0.2, -0.15) is 0 Å². The number of carbonyl (C=O) groups is 1. The molecule has 1 saturated heterocycles. The molecule has 1 amide bonds. The summed E-state index contributed by atoms with van der Waals surface area (Å²) in [6.07, 6.45) is 3.64. The summed E-state index contributed by atoms with van der Waals surface area (Å²) in [6, 6.07) is 3.53. The topological polar surface area (TPSA) is 45.2 Å². The lowest BCUT2D eigenvalue weighted by atomic mass is 9.91. The number of rotatable bonds is 2. The highest BCUT2D eigenvalue weighted by Crippen LogP contribution is 2.44. The van der Waals surface area contributed by atoms with Crippen LogP contribution in [0.5, 0.6) is 0 Å². The van der Waals surface area contributed by atoms with E-state index in [-0.39, 0.29) is 12.3 Å². The highest BCUT2D eigenvalue weighted by Gasteiger charge is 2.33. The molecule has 4 nitrogen and oxygen atoms in total. The second-order valence-corrected chi connectivity index (χ2v) is 7.24. The van der Waals surface area contributed by atoms with Gasteiger partial charge >= 0.3 is 0 Å². The van der Waals surface area contributed by atoms with Crippen LogP contribution < -0.4 is 10.2 Å². The number of anilines is 2. The second-order valence-electron chi connectivity index (χ2n) is 6.23. The molecular formula is C17H17F2N3OS. The van der Waals surface area contributed by atoms with Gasteiger partial charge in [-0.1, -0.05) is 17.4 Å². The number of hydrogen-bond acceptors (Lipinski definition) is 4. The van der Waals surface area contributed by atoms with Crippen LogP contribution in [-0.4, -0.2) is 24.0 Å². The number of halogens is 2. The average molecular weight is 349 g/mol. The van der Waals surface area contributed by atoms with Gasteiger partial charge in [0.15, 0.2) is 5.13 Å². The Morgan fingerprint density at radius 2 is 2.00 bits per heavy atom. The van der Waals surface area contributed by atoms with Crippen LogP contribution in [0, 0.1) is 11.6 Å². The largest absolute Gasteiger partial charge is 0.348 e. The van der Waals surface area contributed by atoms with Crippen molar-refractivity contribution >= 4 is 28.2 Å². The Morgan fingerprint density at radius 1 is 1.21 bits per heavy atom. The van der Waals surface area contributed by atoms with Gasteiger partial charge in [-0.05, 0) is 30.9 Å². The van der Waals surface area contributed by atoms with Crippen LogP contribution in [0.15, 0.2) is 18.2 Å². The number of nitrogens with one attached hydrogen (secondary N) is 1. The van der Waals surface area contributed by atoms with Gasteiger partial charge in [0, 0.05) is 31.5 Å². The van der Waals surface area contributed by atoms with Gasteiger partial charge in [0.2, 0.25) is 5.91 Å². The van der Waals surface area contributed by atoms with E-state index in [4.69, 9.17) is 0 Å². The van der Waals surface area contributed by atoms with Crippen molar-refractivity contribution in [2.75, 3.05) is 23.3 Å². The lowest BCUT2D eigenvalue weighted by molar-refractivity contribution is -0.116. The molecule has 7 heteroatoms. The molecule has 4 rings (SSSR count). The Kier molecular flexibility index (Phi) is 3.96. The third-order valence-corrected chi connectivity index (χ3v) is 5.80. The molecule has 2 aliphatic rings. The summed E-state index contributed by atoms with van der Waals surface area (Å²) in [5.74, 6) is -1.31. The Bertz CT molecular complexity index is 786. The zero-order valence-electron chi connectivity index (χ0n) is 13.0. The van der Waals surface area contributed by atoms with E-state index in [1.807, 2.05) is 0 Å². The van der Waals surface area contributed by atoms with E-state index in [9.17, 15) is 13.6 Å². The number of hydrogen-bond donors (Lipinski definition) is 1. The van der Waals surface area contributed by atoms with Crippen molar-refractivity contribution in [3.63, 3.8) is 0 Å². The molecule has 1 unspecified atom stereocenters. The first-order valence-electron chi connectivity index (χ1n) is 8.12. The van der Waals surface area contributed by atoms with E-state index < -0.39 is 17.6 Å². The van der Waals surface area contributed by atoms with Gasteiger partial charge in [0.25, 0.3) is 0 Å². The van der Waals surface area contributed by atoms with Crippen molar-refractivity contribution in [3.8, 4) is 0 Å². The molecule has 0 aliphatic carbocycles. The Labute approximate surface area is 142 Å². The second kappa shape index (κ2) is 6.12. The molecule has 2 aliphatic heterocycles. The van der Waals surface area contributed by atoms with E-state index in [1.165, 1.54) is 29.9 Å². The summed E-state index contributed by atoms with van der Waals surface area (Å²) in [5.41, 5.74) is 0.348. The van der Waals surface area contributed by atoms with Gasteiger partial charge < -0.3 is 10.2 Å². The van der Waals surface area contributed by atoms with Crippen LogP contribution in [0.25, 0.3) is 0 Å². The molecular weight excluding hydrogens is 332 g/mol. The number of nitrogens with zero attached hydrogens (tertiary/aromatic N) is 2. The molecule has 126 valence electrons. The van der Waals surface area contributed by atoms with Gasteiger partial charge in [-0.3, -0.25) is 4.79 Å². The van der Waals surface area contributed by atoms with Crippen molar-refractivity contribution in [1.82, 2.24) is 4.98 Å². The maximum Gasteiger partial charge on any atom is 0.226 e. The average Bonchev–Trinajstić information content (AvgIpc) is 2.99. The summed E-state index contributed by atoms with van der Waals surface area (Å²) >= 11 is 1.50. The number of thiazole rings is 1. The van der Waals surface area contributed by atoms with Crippen LogP contribution in [0.2, 0.25) is 0 Å². The smallest absolute Gasteiger partial charge is 0.226 e. The van der Waals surface area contributed by atoms with Crippen molar-refractivity contribution < 1.29 is 13.6 Å². The number of fused-ring (bicyclic) bond motifs is 1. The SMILES string of the molecule is O=C1CC(c2ccc(F)cc2F)c2sc(N3CCCCC3)nc2N1. The standard InChI is InChI=1S/C17H17F2N3OS/c18-10-4-5-11(13(19)8-10)12-9-14(23)20-16-15(12)24-17(21-16)22-6-2-1-3-7-22/h4-5,8,12H,1-3,6-7,9H2,(H,20,23). The highest BCUT2D eigenvalue weighted by molar-refractivity contribution is 7.16. The van der Waals surface area contributed by atoms with Crippen LogP contribution in [-0.2, 0) is 4.79 Å². The van der Waals surface area contributed by atoms with Gasteiger partial charge in [0.1, 0.15) is 17.5 Å².